The van der Waals surface area contributed by atoms with Crippen molar-refractivity contribution in [2.45, 2.75) is 25.2 Å². The average molecular weight is 315 g/mol. The van der Waals surface area contributed by atoms with Crippen LogP contribution >= 0.6 is 0 Å². The van der Waals surface area contributed by atoms with Crippen molar-refractivity contribution < 1.29 is 13.6 Å². The number of carbonyl (C=O) groups is 1. The van der Waals surface area contributed by atoms with Gasteiger partial charge in [0, 0.05) is 25.9 Å². The maximum atomic E-state index is 13.1. The van der Waals surface area contributed by atoms with Crippen LogP contribution in [-0.4, -0.2) is 29.8 Å². The Hall–Kier alpha value is -2.23. The normalized spacial score (nSPS) is 17.0. The highest BCUT2D eigenvalue weighted by Crippen LogP contribution is 2.28. The summed E-state index contributed by atoms with van der Waals surface area (Å²) < 4.78 is 26.3. The number of hydrogen-bond acceptors (Lipinski definition) is 1. The van der Waals surface area contributed by atoms with Gasteiger partial charge in [-0.1, -0.05) is 54.6 Å². The molecule has 0 aliphatic carbocycles. The summed E-state index contributed by atoms with van der Waals surface area (Å²) in [6, 6.07) is 17.8. The number of piperidine rings is 1. The Labute approximate surface area is 134 Å². The summed E-state index contributed by atoms with van der Waals surface area (Å²) in [4.78, 5) is 13.8. The fraction of sp³-hybridized carbons (Fsp3) is 0.316. The number of halogens is 2. The zero-order valence-electron chi connectivity index (χ0n) is 12.8. The summed E-state index contributed by atoms with van der Waals surface area (Å²) in [5, 5.41) is 0. The Balaban J connectivity index is 1.61. The van der Waals surface area contributed by atoms with Gasteiger partial charge in [0.15, 0.2) is 0 Å². The van der Waals surface area contributed by atoms with Crippen LogP contribution in [0.5, 0.6) is 0 Å². The summed E-state index contributed by atoms with van der Waals surface area (Å²) in [5.41, 5.74) is 3.13. The van der Waals surface area contributed by atoms with E-state index in [1.165, 1.54) is 0 Å². The van der Waals surface area contributed by atoms with Gasteiger partial charge < -0.3 is 4.90 Å². The molecule has 3 rings (SSSR count). The average Bonchev–Trinajstić information content (AvgIpc) is 2.56. The van der Waals surface area contributed by atoms with Crippen LogP contribution in [0.1, 0.15) is 18.4 Å². The van der Waals surface area contributed by atoms with Crippen molar-refractivity contribution in [2.75, 3.05) is 13.1 Å². The molecule has 1 aliphatic rings. The van der Waals surface area contributed by atoms with Crippen molar-refractivity contribution in [3.8, 4) is 11.1 Å². The number of carbonyl (C=O) groups excluding carboxylic acids is 1. The third kappa shape index (κ3) is 3.95. The molecule has 2 aromatic carbocycles. The monoisotopic (exact) mass is 315 g/mol. The van der Waals surface area contributed by atoms with E-state index in [1.54, 1.807) is 4.90 Å². The van der Waals surface area contributed by atoms with Gasteiger partial charge in [-0.05, 0) is 16.7 Å². The van der Waals surface area contributed by atoms with Crippen molar-refractivity contribution >= 4 is 5.91 Å². The van der Waals surface area contributed by atoms with E-state index >= 15 is 0 Å². The third-order valence-corrected chi connectivity index (χ3v) is 4.26. The van der Waals surface area contributed by atoms with Crippen LogP contribution in [0, 0.1) is 0 Å². The molecular weight excluding hydrogens is 296 g/mol. The van der Waals surface area contributed by atoms with E-state index in [1.807, 2.05) is 54.6 Å². The topological polar surface area (TPSA) is 20.3 Å². The highest BCUT2D eigenvalue weighted by Gasteiger charge is 2.35. The van der Waals surface area contributed by atoms with Gasteiger partial charge in [0.2, 0.25) is 5.91 Å². The van der Waals surface area contributed by atoms with Crippen LogP contribution in [0.3, 0.4) is 0 Å². The number of likely N-dealkylation sites (tertiary alicyclic amines) is 1. The first-order valence-electron chi connectivity index (χ1n) is 7.83. The number of amides is 1. The Bertz CT molecular complexity index is 658. The van der Waals surface area contributed by atoms with Crippen LogP contribution in [0.15, 0.2) is 54.6 Å². The molecule has 4 heteroatoms. The lowest BCUT2D eigenvalue weighted by molar-refractivity contribution is -0.136. The van der Waals surface area contributed by atoms with Gasteiger partial charge in [0.25, 0.3) is 5.92 Å². The molecule has 2 aromatic rings. The highest BCUT2D eigenvalue weighted by atomic mass is 19.3. The number of nitrogens with zero attached hydrogens (tertiary/aromatic N) is 1. The molecule has 0 aromatic heterocycles. The number of rotatable bonds is 3. The molecule has 0 bridgehead atoms. The summed E-state index contributed by atoms with van der Waals surface area (Å²) in [6.45, 7) is 0.294. The lowest BCUT2D eigenvalue weighted by atomic mass is 10.0. The molecule has 23 heavy (non-hydrogen) atoms. The minimum atomic E-state index is -2.62. The van der Waals surface area contributed by atoms with Crippen LogP contribution in [0.2, 0.25) is 0 Å². The first-order valence-corrected chi connectivity index (χ1v) is 7.83. The van der Waals surface area contributed by atoms with Gasteiger partial charge in [0.1, 0.15) is 0 Å². The number of hydrogen-bond donors (Lipinski definition) is 0. The van der Waals surface area contributed by atoms with E-state index in [-0.39, 0.29) is 38.3 Å². The van der Waals surface area contributed by atoms with Gasteiger partial charge >= 0.3 is 0 Å². The number of benzene rings is 2. The molecule has 120 valence electrons. The van der Waals surface area contributed by atoms with Crippen LogP contribution in [-0.2, 0) is 11.2 Å². The third-order valence-electron chi connectivity index (χ3n) is 4.26. The van der Waals surface area contributed by atoms with Crippen molar-refractivity contribution in [1.82, 2.24) is 4.90 Å². The lowest BCUT2D eigenvalue weighted by Gasteiger charge is -2.31. The van der Waals surface area contributed by atoms with Crippen LogP contribution in [0.25, 0.3) is 11.1 Å². The minimum absolute atomic E-state index is 0.0760. The van der Waals surface area contributed by atoms with Gasteiger partial charge in [-0.2, -0.15) is 0 Å². The van der Waals surface area contributed by atoms with Crippen molar-refractivity contribution in [1.29, 1.82) is 0 Å². The first-order chi connectivity index (χ1) is 11.0. The second-order valence-electron chi connectivity index (χ2n) is 5.98. The summed E-state index contributed by atoms with van der Waals surface area (Å²) in [5.74, 6) is -2.69. The Morgan fingerprint density at radius 1 is 0.913 bits per heavy atom. The Morgan fingerprint density at radius 3 is 2.09 bits per heavy atom. The standard InChI is InChI=1S/C19H19F2NO/c20-19(21)10-12-22(13-11-19)18(23)14-15-6-8-17(9-7-15)16-4-2-1-3-5-16/h1-9H,10-14H2. The van der Waals surface area contributed by atoms with Gasteiger partial charge in [-0.25, -0.2) is 8.78 Å². The van der Waals surface area contributed by atoms with Crippen molar-refractivity contribution in [2.24, 2.45) is 0 Å². The molecule has 0 saturated carbocycles. The number of alkyl halides is 2. The zero-order valence-corrected chi connectivity index (χ0v) is 12.8. The quantitative estimate of drug-likeness (QED) is 0.833. The van der Waals surface area contributed by atoms with Crippen LogP contribution < -0.4 is 0 Å². The molecule has 2 nitrogen and oxygen atoms in total. The molecule has 1 heterocycles. The summed E-state index contributed by atoms with van der Waals surface area (Å²) in [7, 11) is 0. The van der Waals surface area contributed by atoms with Gasteiger partial charge in [-0.15, -0.1) is 0 Å². The fourth-order valence-electron chi connectivity index (χ4n) is 2.82. The smallest absolute Gasteiger partial charge is 0.251 e. The molecule has 1 amide bonds. The van der Waals surface area contributed by atoms with Gasteiger partial charge in [-0.3, -0.25) is 4.79 Å². The van der Waals surface area contributed by atoms with E-state index < -0.39 is 5.92 Å². The highest BCUT2D eigenvalue weighted by molar-refractivity contribution is 5.79. The van der Waals surface area contributed by atoms with Gasteiger partial charge in [0.05, 0.1) is 6.42 Å². The second-order valence-corrected chi connectivity index (χ2v) is 5.98. The Kier molecular flexibility index (Phi) is 4.42. The molecule has 0 radical (unpaired) electrons. The van der Waals surface area contributed by atoms with E-state index in [9.17, 15) is 13.6 Å². The largest absolute Gasteiger partial charge is 0.342 e. The molecule has 0 atom stereocenters. The summed E-state index contributed by atoms with van der Waals surface area (Å²) >= 11 is 0. The molecule has 1 fully saturated rings. The van der Waals surface area contributed by atoms with E-state index in [0.717, 1.165) is 16.7 Å². The SMILES string of the molecule is O=C(Cc1ccc(-c2ccccc2)cc1)N1CCC(F)(F)CC1. The van der Waals surface area contributed by atoms with Crippen molar-refractivity contribution in [3.05, 3.63) is 60.2 Å². The maximum absolute atomic E-state index is 13.1. The molecule has 0 N–H and O–H groups in total. The van der Waals surface area contributed by atoms with E-state index in [0.29, 0.717) is 0 Å². The van der Waals surface area contributed by atoms with Crippen LogP contribution in [0.4, 0.5) is 8.78 Å². The molecule has 0 unspecified atom stereocenters. The lowest BCUT2D eigenvalue weighted by Crippen LogP contribution is -2.43. The predicted molar refractivity (Wildman–Crippen MR) is 86.3 cm³/mol. The fourth-order valence-corrected chi connectivity index (χ4v) is 2.82. The second kappa shape index (κ2) is 6.49. The van der Waals surface area contributed by atoms with E-state index in [4.69, 9.17) is 0 Å². The van der Waals surface area contributed by atoms with E-state index in [2.05, 4.69) is 0 Å². The molecular formula is C19H19F2NO. The maximum Gasteiger partial charge on any atom is 0.251 e. The minimum Gasteiger partial charge on any atom is -0.342 e. The molecule has 1 aliphatic heterocycles. The summed E-state index contributed by atoms with van der Waals surface area (Å²) in [6.07, 6.45) is -0.196. The van der Waals surface area contributed by atoms with Crippen molar-refractivity contribution in [3.63, 3.8) is 0 Å². The molecule has 0 spiro atoms. The molecule has 1 saturated heterocycles. The predicted octanol–water partition coefficient (Wildman–Crippen LogP) is 4.15. The first kappa shape index (κ1) is 15.7. The Morgan fingerprint density at radius 2 is 1.48 bits per heavy atom. The zero-order chi connectivity index (χ0) is 16.3.